The molecule has 5 aromatic rings. The van der Waals surface area contributed by atoms with Gasteiger partial charge in [0.05, 0.1) is 6.26 Å². The maximum absolute atomic E-state index is 12.6. The second-order valence-electron chi connectivity index (χ2n) is 7.14. The molecule has 0 aliphatic rings. The fourth-order valence-electron chi connectivity index (χ4n) is 3.68. The third-order valence-electron chi connectivity index (χ3n) is 5.26. The summed E-state index contributed by atoms with van der Waals surface area (Å²) in [5.41, 5.74) is 3.86. The Morgan fingerprint density at radius 2 is 1.97 bits per heavy atom. The number of benzene rings is 2. The van der Waals surface area contributed by atoms with Crippen LogP contribution in [0.5, 0.6) is 0 Å². The third-order valence-corrected chi connectivity index (χ3v) is 5.26. The van der Waals surface area contributed by atoms with Crippen LogP contribution in [0.3, 0.4) is 0 Å². The number of aromatic nitrogens is 4. The first-order valence-corrected chi connectivity index (χ1v) is 9.66. The van der Waals surface area contributed by atoms with Crippen LogP contribution in [0, 0.1) is 6.92 Å². The summed E-state index contributed by atoms with van der Waals surface area (Å²) in [5.74, 6) is -0.236. The first-order valence-electron chi connectivity index (χ1n) is 9.66. The van der Waals surface area contributed by atoms with Crippen LogP contribution >= 0.6 is 0 Å². The maximum Gasteiger partial charge on any atom is 0.339 e. The van der Waals surface area contributed by atoms with Crippen LogP contribution in [0.25, 0.3) is 33.1 Å². The second-order valence-corrected chi connectivity index (χ2v) is 7.14. The third kappa shape index (κ3) is 3.46. The number of hydrogen-bond acceptors (Lipinski definition) is 7. The molecule has 0 unspecified atom stereocenters. The largest absolute Gasteiger partial charge is 0.464 e. The van der Waals surface area contributed by atoms with E-state index in [2.05, 4.69) is 25.9 Å². The van der Waals surface area contributed by atoms with Crippen LogP contribution in [0.2, 0.25) is 0 Å². The molecule has 0 radical (unpaired) electrons. The molecule has 0 fully saturated rings. The molecule has 1 amide bonds. The Balaban J connectivity index is 1.51. The van der Waals surface area contributed by atoms with E-state index >= 15 is 0 Å². The molecule has 9 heteroatoms. The number of hydrogen-bond donors (Lipinski definition) is 2. The van der Waals surface area contributed by atoms with Crippen molar-refractivity contribution in [2.24, 2.45) is 0 Å². The summed E-state index contributed by atoms with van der Waals surface area (Å²) in [4.78, 5) is 24.7. The van der Waals surface area contributed by atoms with E-state index in [1.54, 1.807) is 12.3 Å². The Morgan fingerprint density at radius 3 is 2.74 bits per heavy atom. The predicted molar refractivity (Wildman–Crippen MR) is 114 cm³/mol. The van der Waals surface area contributed by atoms with E-state index in [-0.39, 0.29) is 24.7 Å². The minimum atomic E-state index is -0.466. The zero-order valence-electron chi connectivity index (χ0n) is 16.5. The smallest absolute Gasteiger partial charge is 0.339 e. The lowest BCUT2D eigenvalue weighted by Crippen LogP contribution is -2.17. The summed E-state index contributed by atoms with van der Waals surface area (Å²) < 4.78 is 11.3. The number of carbonyl (C=O) groups excluding carboxylic acids is 1. The van der Waals surface area contributed by atoms with Gasteiger partial charge in [0.15, 0.2) is 0 Å². The van der Waals surface area contributed by atoms with Crippen molar-refractivity contribution in [1.82, 2.24) is 20.6 Å². The molecular weight excluding hydrogens is 398 g/mol. The summed E-state index contributed by atoms with van der Waals surface area (Å²) in [5, 5.41) is 17.2. The van der Waals surface area contributed by atoms with Gasteiger partial charge in [-0.05, 0) is 35.8 Å². The van der Waals surface area contributed by atoms with Crippen molar-refractivity contribution in [3.8, 4) is 11.1 Å². The Morgan fingerprint density at radius 1 is 1.13 bits per heavy atom. The molecule has 0 aliphatic heterocycles. The van der Waals surface area contributed by atoms with Gasteiger partial charge in [-0.1, -0.05) is 35.4 Å². The number of anilines is 1. The van der Waals surface area contributed by atoms with Crippen molar-refractivity contribution >= 4 is 33.8 Å². The quantitative estimate of drug-likeness (QED) is 0.420. The fourth-order valence-corrected chi connectivity index (χ4v) is 3.68. The second kappa shape index (κ2) is 7.52. The van der Waals surface area contributed by atoms with Crippen LogP contribution in [0.4, 0.5) is 5.95 Å². The van der Waals surface area contributed by atoms with Gasteiger partial charge in [0.1, 0.15) is 11.2 Å². The van der Waals surface area contributed by atoms with Crippen molar-refractivity contribution in [3.63, 3.8) is 0 Å². The fraction of sp³-hybridized carbons (Fsp3) is 0.136. The SMILES string of the molecule is Cc1c(CCC(=O)Nc2nn[nH]n2)c(=O)oc2cc3occ(-c4ccccc4)c3cc12. The number of rotatable bonds is 5. The zero-order valence-corrected chi connectivity index (χ0v) is 16.5. The molecule has 0 saturated heterocycles. The Labute approximate surface area is 175 Å². The molecule has 3 aromatic heterocycles. The first-order chi connectivity index (χ1) is 15.1. The Kier molecular flexibility index (Phi) is 4.55. The Hall–Kier alpha value is -4.27. The van der Waals surface area contributed by atoms with Crippen LogP contribution in [-0.2, 0) is 11.2 Å². The normalized spacial score (nSPS) is 11.3. The number of aryl methyl sites for hydroxylation is 1. The van der Waals surface area contributed by atoms with Gasteiger partial charge in [-0.3, -0.25) is 10.1 Å². The molecular formula is C22H17N5O4. The number of amides is 1. The molecule has 3 heterocycles. The maximum atomic E-state index is 12.6. The molecule has 0 spiro atoms. The lowest BCUT2D eigenvalue weighted by molar-refractivity contribution is -0.116. The van der Waals surface area contributed by atoms with E-state index in [1.807, 2.05) is 43.3 Å². The summed E-state index contributed by atoms with van der Waals surface area (Å²) in [6, 6.07) is 13.6. The van der Waals surface area contributed by atoms with Crippen molar-refractivity contribution in [3.05, 3.63) is 70.3 Å². The van der Waals surface area contributed by atoms with Gasteiger partial charge in [0.2, 0.25) is 5.91 Å². The molecule has 5 rings (SSSR count). The van der Waals surface area contributed by atoms with E-state index < -0.39 is 5.63 Å². The summed E-state index contributed by atoms with van der Waals surface area (Å²) in [6.45, 7) is 1.86. The van der Waals surface area contributed by atoms with E-state index in [0.29, 0.717) is 16.7 Å². The predicted octanol–water partition coefficient (Wildman–Crippen LogP) is 3.60. The number of nitrogens with zero attached hydrogens (tertiary/aromatic N) is 3. The van der Waals surface area contributed by atoms with E-state index in [0.717, 1.165) is 27.5 Å². The van der Waals surface area contributed by atoms with Crippen molar-refractivity contribution in [2.75, 3.05) is 5.32 Å². The van der Waals surface area contributed by atoms with Gasteiger partial charge in [-0.15, -0.1) is 5.10 Å². The lowest BCUT2D eigenvalue weighted by Gasteiger charge is -2.08. The van der Waals surface area contributed by atoms with Crippen LogP contribution in [0.15, 0.2) is 62.4 Å². The highest BCUT2D eigenvalue weighted by molar-refractivity contribution is 6.02. The molecule has 0 saturated carbocycles. The topological polar surface area (TPSA) is 127 Å². The highest BCUT2D eigenvalue weighted by Crippen LogP contribution is 2.34. The zero-order chi connectivity index (χ0) is 21.4. The number of furan rings is 1. The van der Waals surface area contributed by atoms with Gasteiger partial charge >= 0.3 is 5.63 Å². The molecule has 0 bridgehead atoms. The van der Waals surface area contributed by atoms with Crippen molar-refractivity contribution < 1.29 is 13.6 Å². The van der Waals surface area contributed by atoms with Gasteiger partial charge < -0.3 is 8.83 Å². The minimum Gasteiger partial charge on any atom is -0.464 e. The first kappa shape index (κ1) is 18.7. The monoisotopic (exact) mass is 415 g/mol. The molecule has 0 atom stereocenters. The van der Waals surface area contributed by atoms with Gasteiger partial charge in [-0.25, -0.2) is 4.79 Å². The van der Waals surface area contributed by atoms with Gasteiger partial charge in [0, 0.05) is 34.4 Å². The average molecular weight is 415 g/mol. The van der Waals surface area contributed by atoms with E-state index in [1.165, 1.54) is 0 Å². The number of aromatic amines is 1. The number of H-pyrrole nitrogens is 1. The summed E-state index contributed by atoms with van der Waals surface area (Å²) >= 11 is 0. The summed E-state index contributed by atoms with van der Waals surface area (Å²) in [7, 11) is 0. The van der Waals surface area contributed by atoms with Crippen LogP contribution < -0.4 is 10.9 Å². The van der Waals surface area contributed by atoms with Crippen molar-refractivity contribution in [1.29, 1.82) is 0 Å². The highest BCUT2D eigenvalue weighted by Gasteiger charge is 2.17. The summed E-state index contributed by atoms with van der Waals surface area (Å²) in [6.07, 6.45) is 2.01. The molecule has 154 valence electrons. The van der Waals surface area contributed by atoms with Crippen LogP contribution in [-0.4, -0.2) is 26.5 Å². The number of carbonyl (C=O) groups is 1. The van der Waals surface area contributed by atoms with E-state index in [4.69, 9.17) is 8.83 Å². The molecule has 31 heavy (non-hydrogen) atoms. The number of fused-ring (bicyclic) bond motifs is 2. The number of tetrazole rings is 1. The van der Waals surface area contributed by atoms with Gasteiger partial charge in [0.25, 0.3) is 5.95 Å². The lowest BCUT2D eigenvalue weighted by atomic mass is 9.99. The van der Waals surface area contributed by atoms with Crippen molar-refractivity contribution in [2.45, 2.75) is 19.8 Å². The van der Waals surface area contributed by atoms with Gasteiger partial charge in [-0.2, -0.15) is 5.21 Å². The highest BCUT2D eigenvalue weighted by atomic mass is 16.4. The van der Waals surface area contributed by atoms with E-state index in [9.17, 15) is 9.59 Å². The molecule has 2 aromatic carbocycles. The average Bonchev–Trinajstić information content (AvgIpc) is 3.42. The number of nitrogens with one attached hydrogen (secondary N) is 2. The standard InChI is InChI=1S/C22H17N5O4/c1-12-14(7-8-20(28)23-22-24-26-27-25-22)21(29)31-19-10-18-16(9-15(12)19)17(11-30-18)13-5-3-2-4-6-13/h2-6,9-11H,7-8H2,1H3,(H2,23,24,25,26,27,28). The Bertz CT molecular complexity index is 1450. The molecule has 0 aliphatic carbocycles. The molecule has 9 nitrogen and oxygen atoms in total. The molecule has 2 N–H and O–H groups in total. The van der Waals surface area contributed by atoms with Crippen LogP contribution in [0.1, 0.15) is 17.5 Å². The minimum absolute atomic E-state index is 0.0782.